The van der Waals surface area contributed by atoms with Gasteiger partial charge in [0.25, 0.3) is 0 Å². The summed E-state index contributed by atoms with van der Waals surface area (Å²) in [4.78, 5) is 0. The molecule has 0 heterocycles. The van der Waals surface area contributed by atoms with E-state index in [4.69, 9.17) is 0 Å². The summed E-state index contributed by atoms with van der Waals surface area (Å²) < 4.78 is 0. The summed E-state index contributed by atoms with van der Waals surface area (Å²) in [7, 11) is 0. The van der Waals surface area contributed by atoms with Crippen LogP contribution in [0, 0.1) is 11.3 Å². The summed E-state index contributed by atoms with van der Waals surface area (Å²) in [6.07, 6.45) is 7.93. The van der Waals surface area contributed by atoms with Gasteiger partial charge >= 0.3 is 0 Å². The Morgan fingerprint density at radius 3 is 2.41 bits per heavy atom. The molecule has 0 bridgehead atoms. The molecule has 1 aromatic carbocycles. The van der Waals surface area contributed by atoms with E-state index in [1.54, 1.807) is 0 Å². The van der Waals surface area contributed by atoms with E-state index in [-0.39, 0.29) is 28.2 Å². The van der Waals surface area contributed by atoms with E-state index >= 15 is 0 Å². The van der Waals surface area contributed by atoms with Crippen LogP contribution in [0.25, 0.3) is 6.08 Å². The van der Waals surface area contributed by atoms with Crippen molar-refractivity contribution in [2.24, 2.45) is 11.3 Å². The van der Waals surface area contributed by atoms with E-state index in [0.29, 0.717) is 5.92 Å². The summed E-state index contributed by atoms with van der Waals surface area (Å²) >= 11 is 0. The molecule has 2 N–H and O–H groups in total. The van der Waals surface area contributed by atoms with E-state index in [9.17, 15) is 10.2 Å². The van der Waals surface area contributed by atoms with Crippen LogP contribution in [0.15, 0.2) is 12.1 Å². The lowest BCUT2D eigenvalue weighted by atomic mass is 9.52. The van der Waals surface area contributed by atoms with Gasteiger partial charge in [-0.3, -0.25) is 0 Å². The maximum Gasteiger partial charge on any atom is 0.162 e. The number of phenols is 2. The number of hydrogen-bond donors (Lipinski definition) is 2. The standard InChI is InChI=1S/C20H28O2/c1-12(2)14-11-13-7-8-15-19(3,4)9-6-10-20(15,5)16(13)18(22)17(14)21/h7-8,11-12,15,21-22H,6,9-10H2,1-5H3/t15?,20-/m0/s1. The molecular formula is C20H28O2. The number of aromatic hydroxyl groups is 2. The molecule has 3 rings (SSSR count). The van der Waals surface area contributed by atoms with Gasteiger partial charge in [0.1, 0.15) is 0 Å². The van der Waals surface area contributed by atoms with Gasteiger partial charge in [-0.1, -0.05) is 53.2 Å². The maximum absolute atomic E-state index is 10.8. The van der Waals surface area contributed by atoms with Crippen molar-refractivity contribution >= 4 is 6.08 Å². The van der Waals surface area contributed by atoms with E-state index in [1.165, 1.54) is 12.8 Å². The van der Waals surface area contributed by atoms with Gasteiger partial charge in [-0.2, -0.15) is 0 Å². The van der Waals surface area contributed by atoms with Crippen LogP contribution in [0.3, 0.4) is 0 Å². The average Bonchev–Trinajstić information content (AvgIpc) is 2.40. The third-order valence-corrected chi connectivity index (χ3v) is 6.04. The van der Waals surface area contributed by atoms with Crippen LogP contribution < -0.4 is 0 Å². The minimum Gasteiger partial charge on any atom is -0.504 e. The van der Waals surface area contributed by atoms with Gasteiger partial charge in [-0.25, -0.2) is 0 Å². The third kappa shape index (κ3) is 2.00. The second-order valence-corrected chi connectivity index (χ2v) is 8.38. The first-order valence-corrected chi connectivity index (χ1v) is 8.46. The fourth-order valence-electron chi connectivity index (χ4n) is 4.91. The van der Waals surface area contributed by atoms with Gasteiger partial charge in [-0.05, 0) is 41.7 Å². The molecule has 1 aromatic rings. The van der Waals surface area contributed by atoms with Crippen LogP contribution in [0.5, 0.6) is 11.5 Å². The van der Waals surface area contributed by atoms with Crippen molar-refractivity contribution in [1.29, 1.82) is 0 Å². The minimum absolute atomic E-state index is 0.0763. The lowest BCUT2D eigenvalue weighted by molar-refractivity contribution is 0.0888. The zero-order chi connectivity index (χ0) is 16.3. The average molecular weight is 300 g/mol. The van der Waals surface area contributed by atoms with Crippen molar-refractivity contribution < 1.29 is 10.2 Å². The van der Waals surface area contributed by atoms with Crippen LogP contribution in [0.1, 0.15) is 76.5 Å². The summed E-state index contributed by atoms with van der Waals surface area (Å²) in [6, 6.07) is 2.06. The highest BCUT2D eigenvalue weighted by molar-refractivity contribution is 5.69. The SMILES string of the molecule is CC(C)c1cc2c(c(O)c1O)[C@@]1(C)CCCC(C)(C)C1C=C2. The van der Waals surface area contributed by atoms with Gasteiger partial charge in [0.2, 0.25) is 0 Å². The predicted octanol–water partition coefficient (Wildman–Crippen LogP) is 5.33. The van der Waals surface area contributed by atoms with Crippen molar-refractivity contribution in [2.75, 3.05) is 0 Å². The fourth-order valence-corrected chi connectivity index (χ4v) is 4.91. The smallest absolute Gasteiger partial charge is 0.162 e. The molecule has 0 spiro atoms. The molecule has 0 aromatic heterocycles. The summed E-state index contributed by atoms with van der Waals surface area (Å²) in [6.45, 7) is 11.0. The number of allylic oxidation sites excluding steroid dienone is 1. The third-order valence-electron chi connectivity index (χ3n) is 6.04. The Hall–Kier alpha value is -1.44. The number of rotatable bonds is 1. The molecule has 2 atom stereocenters. The van der Waals surface area contributed by atoms with Crippen molar-refractivity contribution in [2.45, 2.75) is 65.2 Å². The molecule has 0 aliphatic heterocycles. The Kier molecular flexibility index (Phi) is 3.36. The second-order valence-electron chi connectivity index (χ2n) is 8.38. The highest BCUT2D eigenvalue weighted by Crippen LogP contribution is 2.59. The molecule has 120 valence electrons. The topological polar surface area (TPSA) is 40.5 Å². The lowest BCUT2D eigenvalue weighted by Gasteiger charge is -2.52. The molecule has 22 heavy (non-hydrogen) atoms. The quantitative estimate of drug-likeness (QED) is 0.688. The molecule has 1 unspecified atom stereocenters. The van der Waals surface area contributed by atoms with Gasteiger partial charge in [0.15, 0.2) is 11.5 Å². The van der Waals surface area contributed by atoms with Crippen LogP contribution in [0.4, 0.5) is 0 Å². The zero-order valence-electron chi connectivity index (χ0n) is 14.4. The molecule has 2 heteroatoms. The first-order valence-electron chi connectivity index (χ1n) is 8.46. The highest BCUT2D eigenvalue weighted by Gasteiger charge is 2.49. The molecule has 0 saturated heterocycles. The first-order chi connectivity index (χ1) is 10.2. The van der Waals surface area contributed by atoms with Gasteiger partial charge in [-0.15, -0.1) is 0 Å². The van der Waals surface area contributed by atoms with E-state index in [1.807, 2.05) is 13.8 Å². The largest absolute Gasteiger partial charge is 0.504 e. The zero-order valence-corrected chi connectivity index (χ0v) is 14.4. The van der Waals surface area contributed by atoms with Gasteiger partial charge < -0.3 is 10.2 Å². The van der Waals surface area contributed by atoms with Crippen LogP contribution in [0.2, 0.25) is 0 Å². The second kappa shape index (κ2) is 4.78. The van der Waals surface area contributed by atoms with E-state index < -0.39 is 0 Å². The van der Waals surface area contributed by atoms with Crippen molar-refractivity contribution in [3.63, 3.8) is 0 Å². The molecule has 0 amide bonds. The normalized spacial score (nSPS) is 29.3. The highest BCUT2D eigenvalue weighted by atomic mass is 16.3. The molecule has 2 aliphatic carbocycles. The molecular weight excluding hydrogens is 272 g/mol. The lowest BCUT2D eigenvalue weighted by Crippen LogP contribution is -2.45. The Morgan fingerprint density at radius 1 is 1.09 bits per heavy atom. The Bertz CT molecular complexity index is 640. The Morgan fingerprint density at radius 2 is 1.77 bits per heavy atom. The molecule has 1 fully saturated rings. The Labute approximate surface area is 133 Å². The minimum atomic E-state index is -0.0943. The summed E-state index contributed by atoms with van der Waals surface area (Å²) in [5, 5.41) is 21.2. The van der Waals surface area contributed by atoms with Crippen LogP contribution in [-0.2, 0) is 5.41 Å². The van der Waals surface area contributed by atoms with Gasteiger partial charge in [0.05, 0.1) is 0 Å². The maximum atomic E-state index is 10.8. The van der Waals surface area contributed by atoms with Crippen molar-refractivity contribution in [1.82, 2.24) is 0 Å². The first kappa shape index (κ1) is 15.5. The fraction of sp³-hybridized carbons (Fsp3) is 0.600. The van der Waals surface area contributed by atoms with E-state index in [0.717, 1.165) is 23.1 Å². The number of fused-ring (bicyclic) bond motifs is 3. The number of hydrogen-bond acceptors (Lipinski definition) is 2. The van der Waals surface area contributed by atoms with Crippen LogP contribution in [-0.4, -0.2) is 10.2 Å². The summed E-state index contributed by atoms with van der Waals surface area (Å²) in [5.74, 6) is 0.775. The number of benzene rings is 1. The van der Waals surface area contributed by atoms with Crippen molar-refractivity contribution in [3.8, 4) is 11.5 Å². The van der Waals surface area contributed by atoms with Crippen LogP contribution >= 0.6 is 0 Å². The number of phenolic OH excluding ortho intramolecular Hbond substituents is 2. The molecule has 1 saturated carbocycles. The van der Waals surface area contributed by atoms with Gasteiger partial charge in [0, 0.05) is 16.5 Å². The molecule has 2 nitrogen and oxygen atoms in total. The monoisotopic (exact) mass is 300 g/mol. The van der Waals surface area contributed by atoms with Crippen molar-refractivity contribution in [3.05, 3.63) is 28.8 Å². The predicted molar refractivity (Wildman–Crippen MR) is 91.4 cm³/mol. The summed E-state index contributed by atoms with van der Waals surface area (Å²) in [5.41, 5.74) is 2.99. The molecule has 0 radical (unpaired) electrons. The van der Waals surface area contributed by atoms with E-state index in [2.05, 4.69) is 39.0 Å². The molecule has 2 aliphatic rings. The Balaban J connectivity index is 2.25.